The molecular formula is C13H15NO3. The van der Waals surface area contributed by atoms with Crippen LogP contribution in [-0.2, 0) is 6.54 Å². The highest BCUT2D eigenvalue weighted by atomic mass is 16.3. The Bertz CT molecular complexity index is 484. The average Bonchev–Trinajstić information content (AvgIpc) is 2.89. The largest absolute Gasteiger partial charge is 0.465 e. The lowest BCUT2D eigenvalue weighted by atomic mass is 10.3. The molecule has 2 aromatic heterocycles. The van der Waals surface area contributed by atoms with E-state index in [0.29, 0.717) is 18.8 Å². The quantitative estimate of drug-likeness (QED) is 0.744. The maximum atomic E-state index is 11.7. The lowest BCUT2D eigenvalue weighted by Crippen LogP contribution is -2.25. The summed E-state index contributed by atoms with van der Waals surface area (Å²) < 4.78 is 10.5. The van der Waals surface area contributed by atoms with Crippen molar-refractivity contribution in [1.82, 2.24) is 4.90 Å². The fourth-order valence-corrected chi connectivity index (χ4v) is 1.65. The van der Waals surface area contributed by atoms with Gasteiger partial charge in [0.2, 0.25) is 5.78 Å². The second-order valence-corrected chi connectivity index (χ2v) is 4.09. The van der Waals surface area contributed by atoms with Crippen LogP contribution in [-0.4, -0.2) is 24.3 Å². The molecule has 2 aromatic rings. The van der Waals surface area contributed by atoms with Crippen LogP contribution < -0.4 is 0 Å². The fourth-order valence-electron chi connectivity index (χ4n) is 1.65. The van der Waals surface area contributed by atoms with Crippen molar-refractivity contribution in [2.24, 2.45) is 0 Å². The van der Waals surface area contributed by atoms with Crippen molar-refractivity contribution >= 4 is 5.78 Å². The Hall–Kier alpha value is -1.81. The Labute approximate surface area is 99.8 Å². The Balaban J connectivity index is 1.89. The molecule has 4 nitrogen and oxygen atoms in total. The summed E-state index contributed by atoms with van der Waals surface area (Å²) >= 11 is 0. The van der Waals surface area contributed by atoms with Gasteiger partial charge in [0.15, 0.2) is 5.76 Å². The molecule has 0 unspecified atom stereocenters. The first-order valence-corrected chi connectivity index (χ1v) is 5.46. The smallest absolute Gasteiger partial charge is 0.211 e. The van der Waals surface area contributed by atoms with Crippen LogP contribution in [0.2, 0.25) is 0 Å². The number of aryl methyl sites for hydroxylation is 1. The number of likely N-dealkylation sites (N-methyl/N-ethyl adjacent to an activating group) is 1. The van der Waals surface area contributed by atoms with Gasteiger partial charge >= 0.3 is 0 Å². The van der Waals surface area contributed by atoms with E-state index in [9.17, 15) is 4.79 Å². The Morgan fingerprint density at radius 1 is 1.35 bits per heavy atom. The molecule has 0 fully saturated rings. The minimum Gasteiger partial charge on any atom is -0.465 e. The lowest BCUT2D eigenvalue weighted by molar-refractivity contribution is 0.0912. The topological polar surface area (TPSA) is 46.6 Å². The summed E-state index contributed by atoms with van der Waals surface area (Å²) in [6, 6.07) is 7.22. The molecule has 4 heteroatoms. The number of hydrogen-bond acceptors (Lipinski definition) is 4. The van der Waals surface area contributed by atoms with Gasteiger partial charge in [-0.2, -0.15) is 0 Å². The molecule has 0 aliphatic heterocycles. The first-order chi connectivity index (χ1) is 8.15. The molecule has 0 aliphatic rings. The van der Waals surface area contributed by atoms with Crippen molar-refractivity contribution < 1.29 is 13.6 Å². The Morgan fingerprint density at radius 2 is 2.18 bits per heavy atom. The van der Waals surface area contributed by atoms with Gasteiger partial charge in [-0.25, -0.2) is 0 Å². The van der Waals surface area contributed by atoms with Gasteiger partial charge in [-0.1, -0.05) is 0 Å². The molecule has 0 aromatic carbocycles. The summed E-state index contributed by atoms with van der Waals surface area (Å²) in [5.74, 6) is 2.11. The van der Waals surface area contributed by atoms with E-state index in [1.165, 1.54) is 6.26 Å². The van der Waals surface area contributed by atoms with Gasteiger partial charge in [0.25, 0.3) is 0 Å². The van der Waals surface area contributed by atoms with Gasteiger partial charge < -0.3 is 8.83 Å². The predicted octanol–water partition coefficient (Wildman–Crippen LogP) is 2.50. The Morgan fingerprint density at radius 3 is 2.76 bits per heavy atom. The maximum Gasteiger partial charge on any atom is 0.211 e. The monoisotopic (exact) mass is 233 g/mol. The zero-order valence-corrected chi connectivity index (χ0v) is 9.97. The van der Waals surface area contributed by atoms with Crippen LogP contribution in [0.5, 0.6) is 0 Å². The van der Waals surface area contributed by atoms with E-state index in [2.05, 4.69) is 0 Å². The summed E-state index contributed by atoms with van der Waals surface area (Å²) in [6.07, 6.45) is 1.50. The normalized spacial score (nSPS) is 11.0. The fraction of sp³-hybridized carbons (Fsp3) is 0.308. The van der Waals surface area contributed by atoms with Crippen molar-refractivity contribution in [1.29, 1.82) is 0 Å². The van der Waals surface area contributed by atoms with Gasteiger partial charge in [-0.15, -0.1) is 0 Å². The van der Waals surface area contributed by atoms with Crippen LogP contribution in [0.3, 0.4) is 0 Å². The van der Waals surface area contributed by atoms with E-state index in [0.717, 1.165) is 11.5 Å². The molecule has 0 saturated carbocycles. The third-order valence-corrected chi connectivity index (χ3v) is 2.43. The van der Waals surface area contributed by atoms with E-state index in [1.54, 1.807) is 12.1 Å². The Kier molecular flexibility index (Phi) is 3.44. The highest BCUT2D eigenvalue weighted by molar-refractivity contribution is 5.94. The lowest BCUT2D eigenvalue weighted by Gasteiger charge is -2.12. The van der Waals surface area contributed by atoms with Crippen LogP contribution in [0.4, 0.5) is 0 Å². The number of furan rings is 2. The SMILES string of the molecule is Cc1ccc(CN(C)CC(=O)c2ccco2)o1. The number of hydrogen-bond donors (Lipinski definition) is 0. The highest BCUT2D eigenvalue weighted by Gasteiger charge is 2.12. The van der Waals surface area contributed by atoms with Gasteiger partial charge in [-0.3, -0.25) is 9.69 Å². The number of carbonyl (C=O) groups is 1. The molecule has 0 radical (unpaired) electrons. The van der Waals surface area contributed by atoms with Crippen LogP contribution >= 0.6 is 0 Å². The minimum absolute atomic E-state index is 0.0271. The minimum atomic E-state index is -0.0271. The number of Topliss-reactive ketones (excluding diaryl/α,β-unsaturated/α-hetero) is 1. The summed E-state index contributed by atoms with van der Waals surface area (Å²) in [7, 11) is 1.87. The van der Waals surface area contributed by atoms with Crippen molar-refractivity contribution in [2.45, 2.75) is 13.5 Å². The van der Waals surface area contributed by atoms with Gasteiger partial charge in [0.1, 0.15) is 11.5 Å². The third kappa shape index (κ3) is 3.07. The van der Waals surface area contributed by atoms with E-state index in [1.807, 2.05) is 31.0 Å². The standard InChI is InChI=1S/C13H15NO3/c1-10-5-6-11(17-10)8-14(2)9-12(15)13-4-3-7-16-13/h3-7H,8-9H2,1-2H3. The molecule has 90 valence electrons. The van der Waals surface area contributed by atoms with Crippen molar-refractivity contribution in [3.63, 3.8) is 0 Å². The van der Waals surface area contributed by atoms with E-state index < -0.39 is 0 Å². The maximum absolute atomic E-state index is 11.7. The van der Waals surface area contributed by atoms with Crippen LogP contribution in [0.1, 0.15) is 22.1 Å². The number of rotatable bonds is 5. The zero-order valence-electron chi connectivity index (χ0n) is 9.97. The molecule has 0 bridgehead atoms. The molecule has 0 spiro atoms. The molecule has 0 atom stereocenters. The number of carbonyl (C=O) groups excluding carboxylic acids is 1. The van der Waals surface area contributed by atoms with Crippen molar-refractivity contribution in [3.05, 3.63) is 47.8 Å². The molecule has 0 N–H and O–H groups in total. The molecular weight excluding hydrogens is 218 g/mol. The third-order valence-electron chi connectivity index (χ3n) is 2.43. The second kappa shape index (κ2) is 5.01. The van der Waals surface area contributed by atoms with Crippen LogP contribution in [0.15, 0.2) is 39.4 Å². The van der Waals surface area contributed by atoms with Crippen molar-refractivity contribution in [3.8, 4) is 0 Å². The molecule has 17 heavy (non-hydrogen) atoms. The van der Waals surface area contributed by atoms with E-state index in [-0.39, 0.29) is 5.78 Å². The summed E-state index contributed by atoms with van der Waals surface area (Å²) in [4.78, 5) is 13.6. The molecule has 0 saturated heterocycles. The molecule has 0 aliphatic carbocycles. The van der Waals surface area contributed by atoms with Gasteiger partial charge in [-0.05, 0) is 38.2 Å². The zero-order chi connectivity index (χ0) is 12.3. The number of nitrogens with zero attached hydrogens (tertiary/aromatic N) is 1. The first kappa shape index (κ1) is 11.7. The summed E-state index contributed by atoms with van der Waals surface area (Å²) in [5.41, 5.74) is 0. The summed E-state index contributed by atoms with van der Waals surface area (Å²) in [6.45, 7) is 2.82. The van der Waals surface area contributed by atoms with Crippen LogP contribution in [0, 0.1) is 6.92 Å². The van der Waals surface area contributed by atoms with Crippen LogP contribution in [0.25, 0.3) is 0 Å². The number of ketones is 1. The highest BCUT2D eigenvalue weighted by Crippen LogP contribution is 2.09. The molecule has 0 amide bonds. The van der Waals surface area contributed by atoms with E-state index in [4.69, 9.17) is 8.83 Å². The van der Waals surface area contributed by atoms with Gasteiger partial charge in [0, 0.05) is 0 Å². The second-order valence-electron chi connectivity index (χ2n) is 4.09. The van der Waals surface area contributed by atoms with Crippen molar-refractivity contribution in [2.75, 3.05) is 13.6 Å². The summed E-state index contributed by atoms with van der Waals surface area (Å²) in [5, 5.41) is 0. The first-order valence-electron chi connectivity index (χ1n) is 5.46. The average molecular weight is 233 g/mol. The molecule has 2 heterocycles. The predicted molar refractivity (Wildman–Crippen MR) is 62.8 cm³/mol. The molecule has 2 rings (SSSR count). The van der Waals surface area contributed by atoms with E-state index >= 15 is 0 Å². The van der Waals surface area contributed by atoms with Gasteiger partial charge in [0.05, 0.1) is 19.4 Å².